The second-order valence-corrected chi connectivity index (χ2v) is 3.61. The highest BCUT2D eigenvalue weighted by atomic mass is 19.1. The van der Waals surface area contributed by atoms with Crippen LogP contribution >= 0.6 is 0 Å². The van der Waals surface area contributed by atoms with E-state index in [-0.39, 0.29) is 5.82 Å². The molecule has 0 bridgehead atoms. The van der Waals surface area contributed by atoms with Gasteiger partial charge in [0.25, 0.3) is 0 Å². The zero-order chi connectivity index (χ0) is 10.8. The quantitative estimate of drug-likeness (QED) is 0.703. The third kappa shape index (κ3) is 1.99. The molecule has 0 aliphatic heterocycles. The molecule has 2 rings (SSSR count). The molecule has 1 nitrogen and oxygen atoms in total. The third-order valence-electron chi connectivity index (χ3n) is 2.32. The van der Waals surface area contributed by atoms with Crippen LogP contribution in [0.2, 0.25) is 0 Å². The van der Waals surface area contributed by atoms with Crippen molar-refractivity contribution in [2.24, 2.45) is 0 Å². The summed E-state index contributed by atoms with van der Waals surface area (Å²) in [4.78, 5) is 0. The molecule has 0 unspecified atom stereocenters. The van der Waals surface area contributed by atoms with E-state index in [0.29, 0.717) is 11.3 Å². The molecule has 76 valence electrons. The number of hydrogen-bond donors (Lipinski definition) is 1. The summed E-state index contributed by atoms with van der Waals surface area (Å²) in [6.45, 7) is 1.98. The SMILES string of the molecule is Cc1cccc(-c2ccc(N)cc2F)c1. The smallest absolute Gasteiger partial charge is 0.133 e. The second-order valence-electron chi connectivity index (χ2n) is 3.61. The Morgan fingerprint density at radius 2 is 1.87 bits per heavy atom. The van der Waals surface area contributed by atoms with Gasteiger partial charge in [0.1, 0.15) is 5.82 Å². The largest absolute Gasteiger partial charge is 0.399 e. The van der Waals surface area contributed by atoms with Crippen molar-refractivity contribution in [3.8, 4) is 11.1 Å². The van der Waals surface area contributed by atoms with E-state index >= 15 is 0 Å². The Morgan fingerprint density at radius 3 is 2.53 bits per heavy atom. The van der Waals surface area contributed by atoms with Crippen LogP contribution in [0.3, 0.4) is 0 Å². The maximum absolute atomic E-state index is 13.6. The summed E-state index contributed by atoms with van der Waals surface area (Å²) in [5.74, 6) is -0.277. The van der Waals surface area contributed by atoms with E-state index in [2.05, 4.69) is 0 Å². The molecule has 0 aliphatic rings. The average molecular weight is 201 g/mol. The lowest BCUT2D eigenvalue weighted by atomic mass is 10.0. The van der Waals surface area contributed by atoms with E-state index < -0.39 is 0 Å². The zero-order valence-electron chi connectivity index (χ0n) is 8.50. The summed E-state index contributed by atoms with van der Waals surface area (Å²) >= 11 is 0. The van der Waals surface area contributed by atoms with E-state index in [1.165, 1.54) is 6.07 Å². The first kappa shape index (κ1) is 9.71. The van der Waals surface area contributed by atoms with Gasteiger partial charge in [-0.2, -0.15) is 0 Å². The number of hydrogen-bond acceptors (Lipinski definition) is 1. The van der Waals surface area contributed by atoms with E-state index in [9.17, 15) is 4.39 Å². The number of benzene rings is 2. The molecule has 2 aromatic rings. The number of nitrogens with two attached hydrogens (primary N) is 1. The zero-order valence-corrected chi connectivity index (χ0v) is 8.50. The Bertz CT molecular complexity index is 492. The van der Waals surface area contributed by atoms with Gasteiger partial charge in [0.2, 0.25) is 0 Å². The summed E-state index contributed by atoms with van der Waals surface area (Å²) in [7, 11) is 0. The van der Waals surface area contributed by atoms with Gasteiger partial charge < -0.3 is 5.73 Å². The van der Waals surface area contributed by atoms with Gasteiger partial charge in [-0.25, -0.2) is 4.39 Å². The Balaban J connectivity index is 2.54. The summed E-state index contributed by atoms with van der Waals surface area (Å²) in [6, 6.07) is 12.5. The third-order valence-corrected chi connectivity index (χ3v) is 2.32. The monoisotopic (exact) mass is 201 g/mol. The van der Waals surface area contributed by atoms with Crippen molar-refractivity contribution in [1.82, 2.24) is 0 Å². The van der Waals surface area contributed by atoms with E-state index in [0.717, 1.165) is 11.1 Å². The predicted molar refractivity (Wildman–Crippen MR) is 61.0 cm³/mol. The molecule has 0 amide bonds. The van der Waals surface area contributed by atoms with Crippen molar-refractivity contribution in [1.29, 1.82) is 0 Å². The first-order valence-corrected chi connectivity index (χ1v) is 4.79. The summed E-state index contributed by atoms with van der Waals surface area (Å²) in [5, 5.41) is 0. The summed E-state index contributed by atoms with van der Waals surface area (Å²) < 4.78 is 13.6. The van der Waals surface area contributed by atoms with Crippen LogP contribution in [0.1, 0.15) is 5.56 Å². The molecule has 0 radical (unpaired) electrons. The van der Waals surface area contributed by atoms with Crippen molar-refractivity contribution in [2.45, 2.75) is 6.92 Å². The van der Waals surface area contributed by atoms with Crippen molar-refractivity contribution in [3.63, 3.8) is 0 Å². The maximum atomic E-state index is 13.6. The molecule has 0 fully saturated rings. The lowest BCUT2D eigenvalue weighted by Crippen LogP contribution is -1.89. The topological polar surface area (TPSA) is 26.0 Å². The van der Waals surface area contributed by atoms with Crippen molar-refractivity contribution in [3.05, 3.63) is 53.8 Å². The fraction of sp³-hybridized carbons (Fsp3) is 0.0769. The van der Waals surface area contributed by atoms with E-state index in [1.807, 2.05) is 31.2 Å². The van der Waals surface area contributed by atoms with Gasteiger partial charge in [-0.15, -0.1) is 0 Å². The van der Waals surface area contributed by atoms with Crippen LogP contribution in [0, 0.1) is 12.7 Å². The normalized spacial score (nSPS) is 10.3. The van der Waals surface area contributed by atoms with Gasteiger partial charge in [-0.05, 0) is 30.7 Å². The Morgan fingerprint density at radius 1 is 1.07 bits per heavy atom. The molecule has 2 heteroatoms. The van der Waals surface area contributed by atoms with E-state index in [1.54, 1.807) is 12.1 Å². The average Bonchev–Trinajstić information content (AvgIpc) is 2.17. The lowest BCUT2D eigenvalue weighted by Gasteiger charge is -2.05. The number of rotatable bonds is 1. The van der Waals surface area contributed by atoms with Gasteiger partial charge in [0.15, 0.2) is 0 Å². The summed E-state index contributed by atoms with van der Waals surface area (Å²) in [6.07, 6.45) is 0. The van der Waals surface area contributed by atoms with Gasteiger partial charge >= 0.3 is 0 Å². The number of aryl methyl sites for hydroxylation is 1. The highest BCUT2D eigenvalue weighted by molar-refractivity contribution is 5.66. The molecule has 15 heavy (non-hydrogen) atoms. The van der Waals surface area contributed by atoms with Crippen molar-refractivity contribution < 1.29 is 4.39 Å². The standard InChI is InChI=1S/C13H12FN/c1-9-3-2-4-10(7-9)12-6-5-11(15)8-13(12)14/h2-8H,15H2,1H3. The second kappa shape index (κ2) is 3.73. The first-order chi connectivity index (χ1) is 7.16. The Hall–Kier alpha value is -1.83. The number of anilines is 1. The summed E-state index contributed by atoms with van der Waals surface area (Å²) in [5.41, 5.74) is 8.53. The molecule has 0 saturated carbocycles. The van der Waals surface area contributed by atoms with Crippen LogP contribution in [-0.2, 0) is 0 Å². The minimum atomic E-state index is -0.277. The highest BCUT2D eigenvalue weighted by Gasteiger charge is 2.04. The Labute approximate surface area is 88.4 Å². The molecule has 0 saturated heterocycles. The molecule has 0 spiro atoms. The van der Waals surface area contributed by atoms with E-state index in [4.69, 9.17) is 5.73 Å². The highest BCUT2D eigenvalue weighted by Crippen LogP contribution is 2.24. The molecular weight excluding hydrogens is 189 g/mol. The molecule has 0 aromatic heterocycles. The number of halogens is 1. The molecule has 0 heterocycles. The lowest BCUT2D eigenvalue weighted by molar-refractivity contribution is 0.632. The molecular formula is C13H12FN. The van der Waals surface area contributed by atoms with Crippen molar-refractivity contribution in [2.75, 3.05) is 5.73 Å². The van der Waals surface area contributed by atoms with Crippen molar-refractivity contribution >= 4 is 5.69 Å². The van der Waals surface area contributed by atoms with Crippen LogP contribution in [0.4, 0.5) is 10.1 Å². The van der Waals surface area contributed by atoms with Crippen LogP contribution in [0.5, 0.6) is 0 Å². The Kier molecular flexibility index (Phi) is 2.42. The molecule has 2 N–H and O–H groups in total. The molecule has 0 aliphatic carbocycles. The van der Waals surface area contributed by atoms with Crippen LogP contribution < -0.4 is 5.73 Å². The minimum absolute atomic E-state index is 0.277. The fourth-order valence-electron chi connectivity index (χ4n) is 1.58. The first-order valence-electron chi connectivity index (χ1n) is 4.79. The van der Waals surface area contributed by atoms with Crippen LogP contribution in [0.15, 0.2) is 42.5 Å². The minimum Gasteiger partial charge on any atom is -0.399 e. The fourth-order valence-corrected chi connectivity index (χ4v) is 1.58. The van der Waals surface area contributed by atoms with Gasteiger partial charge in [0.05, 0.1) is 0 Å². The maximum Gasteiger partial charge on any atom is 0.133 e. The van der Waals surface area contributed by atoms with Gasteiger partial charge in [-0.3, -0.25) is 0 Å². The molecule has 0 atom stereocenters. The van der Waals surface area contributed by atoms with Gasteiger partial charge in [-0.1, -0.05) is 29.8 Å². The molecule has 2 aromatic carbocycles. The number of nitrogen functional groups attached to an aromatic ring is 1. The van der Waals surface area contributed by atoms with Gasteiger partial charge in [0, 0.05) is 11.3 Å². The predicted octanol–water partition coefficient (Wildman–Crippen LogP) is 3.38. The van der Waals surface area contributed by atoms with Crippen LogP contribution in [-0.4, -0.2) is 0 Å². The van der Waals surface area contributed by atoms with Crippen LogP contribution in [0.25, 0.3) is 11.1 Å².